The van der Waals surface area contributed by atoms with Crippen LogP contribution in [0.4, 0.5) is 0 Å². The summed E-state index contributed by atoms with van der Waals surface area (Å²) >= 11 is 5.91. The van der Waals surface area contributed by atoms with Crippen LogP contribution in [0.1, 0.15) is 20.8 Å². The molecule has 0 aliphatic carbocycles. The predicted octanol–water partition coefficient (Wildman–Crippen LogP) is 1.67. The monoisotopic (exact) mass is 281 g/mol. The van der Waals surface area contributed by atoms with Crippen molar-refractivity contribution < 1.29 is 19.4 Å². The van der Waals surface area contributed by atoms with E-state index in [1.807, 2.05) is 0 Å². The van der Waals surface area contributed by atoms with Gasteiger partial charge in [0.1, 0.15) is 5.69 Å². The lowest BCUT2D eigenvalue weighted by atomic mass is 10.1. The predicted molar refractivity (Wildman–Crippen MR) is 67.9 cm³/mol. The van der Waals surface area contributed by atoms with Gasteiger partial charge in [0.05, 0.1) is 28.6 Å². The third-order valence-corrected chi connectivity index (χ3v) is 2.89. The molecule has 0 amide bonds. The fraction of sp³-hybridized carbons (Fsp3) is 0.0833. The number of benzene rings is 1. The number of hydrogen-bond acceptors (Lipinski definition) is 4. The number of pyridine rings is 1. The van der Waals surface area contributed by atoms with E-state index in [1.165, 1.54) is 19.2 Å². The van der Waals surface area contributed by atoms with Crippen LogP contribution in [0.3, 0.4) is 0 Å². The van der Waals surface area contributed by atoms with E-state index in [0.717, 1.165) is 6.07 Å². The molecule has 0 unspecified atom stereocenters. The number of methoxy groups -OCH3 is 1. The van der Waals surface area contributed by atoms with Crippen molar-refractivity contribution in [3.05, 3.63) is 44.7 Å². The van der Waals surface area contributed by atoms with E-state index in [4.69, 9.17) is 16.7 Å². The molecular formula is C12H8ClNO5. The molecule has 2 rings (SSSR count). The number of hydrogen-bond donors (Lipinski definition) is 2. The number of aromatic nitrogens is 1. The highest BCUT2D eigenvalue weighted by atomic mass is 35.5. The maximum atomic E-state index is 11.9. The number of ether oxygens (including phenoxy) is 1. The maximum absolute atomic E-state index is 11.9. The third kappa shape index (κ3) is 2.17. The molecule has 98 valence electrons. The number of H-pyrrole nitrogens is 1. The number of halogens is 1. The quantitative estimate of drug-likeness (QED) is 0.816. The molecule has 0 fully saturated rings. The molecule has 7 heteroatoms. The van der Waals surface area contributed by atoms with Crippen molar-refractivity contribution in [2.75, 3.05) is 7.11 Å². The zero-order valence-electron chi connectivity index (χ0n) is 9.69. The molecule has 2 N–H and O–H groups in total. The van der Waals surface area contributed by atoms with Crippen molar-refractivity contribution >= 4 is 34.4 Å². The van der Waals surface area contributed by atoms with Gasteiger partial charge in [0, 0.05) is 6.07 Å². The fourth-order valence-corrected chi connectivity index (χ4v) is 1.93. The number of carboxylic acid groups (broad SMARTS) is 1. The number of carbonyl (C=O) groups excluding carboxylic acids is 1. The number of nitrogens with one attached hydrogen (secondary N) is 1. The van der Waals surface area contributed by atoms with Crippen LogP contribution in [-0.4, -0.2) is 29.1 Å². The summed E-state index contributed by atoms with van der Waals surface area (Å²) in [6.07, 6.45) is 0. The first-order valence-electron chi connectivity index (χ1n) is 5.13. The molecule has 0 saturated carbocycles. The number of fused-ring (bicyclic) bond motifs is 1. The normalized spacial score (nSPS) is 10.4. The van der Waals surface area contributed by atoms with Crippen molar-refractivity contribution in [2.24, 2.45) is 0 Å². The smallest absolute Gasteiger partial charge is 0.352 e. The van der Waals surface area contributed by atoms with Gasteiger partial charge in [-0.15, -0.1) is 0 Å². The summed E-state index contributed by atoms with van der Waals surface area (Å²) in [7, 11) is 1.18. The molecule has 0 saturated heterocycles. The first kappa shape index (κ1) is 13.1. The van der Waals surface area contributed by atoms with Crippen LogP contribution < -0.4 is 5.43 Å². The van der Waals surface area contributed by atoms with Gasteiger partial charge in [-0.05, 0) is 12.1 Å². The van der Waals surface area contributed by atoms with Crippen LogP contribution in [0.5, 0.6) is 0 Å². The van der Waals surface area contributed by atoms with Gasteiger partial charge in [0.25, 0.3) is 0 Å². The highest BCUT2D eigenvalue weighted by molar-refractivity contribution is 6.35. The lowest BCUT2D eigenvalue weighted by molar-refractivity contribution is 0.0602. The Balaban J connectivity index is 2.92. The topological polar surface area (TPSA) is 96.5 Å². The highest BCUT2D eigenvalue weighted by Crippen LogP contribution is 2.23. The second-order valence-corrected chi connectivity index (χ2v) is 4.10. The number of esters is 1. The molecule has 2 aromatic rings. The van der Waals surface area contributed by atoms with Crippen molar-refractivity contribution in [1.29, 1.82) is 0 Å². The molecule has 0 bridgehead atoms. The summed E-state index contributed by atoms with van der Waals surface area (Å²) in [5, 5.41) is 9.02. The van der Waals surface area contributed by atoms with E-state index < -0.39 is 17.4 Å². The summed E-state index contributed by atoms with van der Waals surface area (Å²) in [6.45, 7) is 0. The van der Waals surface area contributed by atoms with E-state index in [9.17, 15) is 14.4 Å². The molecule has 0 aliphatic rings. The minimum Gasteiger partial charge on any atom is -0.477 e. The van der Waals surface area contributed by atoms with Gasteiger partial charge in [0.15, 0.2) is 5.43 Å². The highest BCUT2D eigenvalue weighted by Gasteiger charge is 2.17. The van der Waals surface area contributed by atoms with Crippen molar-refractivity contribution in [3.63, 3.8) is 0 Å². The molecule has 1 heterocycles. The standard InChI is InChI=1S/C12H8ClNO5/c1-19-12(18)5-2-3-6(13)10-9(5)8(15)4-7(14-10)11(16)17/h2-4H,1H3,(H,14,15)(H,16,17). The van der Waals surface area contributed by atoms with Crippen LogP contribution in [0, 0.1) is 0 Å². The molecule has 19 heavy (non-hydrogen) atoms. The van der Waals surface area contributed by atoms with Gasteiger partial charge >= 0.3 is 11.9 Å². The van der Waals surface area contributed by atoms with Crippen molar-refractivity contribution in [2.45, 2.75) is 0 Å². The first-order valence-corrected chi connectivity index (χ1v) is 5.50. The van der Waals surface area contributed by atoms with Crippen LogP contribution in [0.15, 0.2) is 23.0 Å². The summed E-state index contributed by atoms with van der Waals surface area (Å²) in [5.41, 5.74) is -0.801. The number of carboxylic acids is 1. The summed E-state index contributed by atoms with van der Waals surface area (Å²) < 4.78 is 4.57. The van der Waals surface area contributed by atoms with Gasteiger partial charge in [-0.1, -0.05) is 11.6 Å². The minimum absolute atomic E-state index is 0.00403. The van der Waals surface area contributed by atoms with Gasteiger partial charge in [-0.3, -0.25) is 4.79 Å². The van der Waals surface area contributed by atoms with Gasteiger partial charge in [0.2, 0.25) is 0 Å². The van der Waals surface area contributed by atoms with E-state index >= 15 is 0 Å². The summed E-state index contributed by atoms with van der Waals surface area (Å²) in [5.74, 6) is -1.99. The third-order valence-electron chi connectivity index (χ3n) is 2.57. The molecule has 0 aliphatic heterocycles. The molecule has 1 aromatic carbocycles. The van der Waals surface area contributed by atoms with Crippen LogP contribution >= 0.6 is 11.6 Å². The van der Waals surface area contributed by atoms with Gasteiger partial charge in [-0.2, -0.15) is 0 Å². The molecule has 0 radical (unpaired) electrons. The lowest BCUT2D eigenvalue weighted by Crippen LogP contribution is -2.14. The van der Waals surface area contributed by atoms with Crippen LogP contribution in [0.25, 0.3) is 10.9 Å². The van der Waals surface area contributed by atoms with Crippen LogP contribution in [-0.2, 0) is 4.74 Å². The Bertz CT molecular complexity index is 750. The molecule has 1 aromatic heterocycles. The Morgan fingerprint density at radius 3 is 2.63 bits per heavy atom. The molecule has 0 spiro atoms. The lowest BCUT2D eigenvalue weighted by Gasteiger charge is -2.07. The number of aromatic amines is 1. The van der Waals surface area contributed by atoms with E-state index in [0.29, 0.717) is 0 Å². The second kappa shape index (κ2) is 4.74. The van der Waals surface area contributed by atoms with Crippen molar-refractivity contribution in [3.8, 4) is 0 Å². The zero-order valence-corrected chi connectivity index (χ0v) is 10.4. The SMILES string of the molecule is COC(=O)c1ccc(Cl)c2[nH]c(C(=O)O)cc(=O)c12. The summed E-state index contributed by atoms with van der Waals surface area (Å²) in [6, 6.07) is 3.64. The van der Waals surface area contributed by atoms with E-state index in [-0.39, 0.29) is 27.2 Å². The number of rotatable bonds is 2. The Labute approximate surface area is 111 Å². The van der Waals surface area contributed by atoms with Crippen molar-refractivity contribution in [1.82, 2.24) is 4.98 Å². The number of carbonyl (C=O) groups is 2. The molecular weight excluding hydrogens is 274 g/mol. The first-order chi connectivity index (χ1) is 8.95. The van der Waals surface area contributed by atoms with Gasteiger partial charge in [-0.25, -0.2) is 9.59 Å². The molecule has 0 atom stereocenters. The second-order valence-electron chi connectivity index (χ2n) is 3.69. The van der Waals surface area contributed by atoms with Gasteiger partial charge < -0.3 is 14.8 Å². The largest absolute Gasteiger partial charge is 0.477 e. The Kier molecular flexibility index (Phi) is 3.26. The Hall–Kier alpha value is -2.34. The average Bonchev–Trinajstić information content (AvgIpc) is 2.38. The average molecular weight is 282 g/mol. The zero-order chi connectivity index (χ0) is 14.2. The number of aromatic carboxylic acids is 1. The fourth-order valence-electron chi connectivity index (χ4n) is 1.72. The molecule has 6 nitrogen and oxygen atoms in total. The summed E-state index contributed by atoms with van der Waals surface area (Å²) in [4.78, 5) is 36.9. The maximum Gasteiger partial charge on any atom is 0.352 e. The van der Waals surface area contributed by atoms with Crippen LogP contribution in [0.2, 0.25) is 5.02 Å². The van der Waals surface area contributed by atoms with E-state index in [1.54, 1.807) is 0 Å². The van der Waals surface area contributed by atoms with E-state index in [2.05, 4.69) is 9.72 Å². The minimum atomic E-state index is -1.29. The Morgan fingerprint density at radius 2 is 2.05 bits per heavy atom. The Morgan fingerprint density at radius 1 is 1.37 bits per heavy atom.